The molecule has 3 aromatic carbocycles. The fourth-order valence-corrected chi connectivity index (χ4v) is 3.31. The van der Waals surface area contributed by atoms with E-state index in [1.54, 1.807) is 14.2 Å². The molecule has 4 rings (SSSR count). The molecule has 30 heavy (non-hydrogen) atoms. The lowest BCUT2D eigenvalue weighted by Crippen LogP contribution is -2.12. The Balaban J connectivity index is 1.39. The highest BCUT2D eigenvalue weighted by molar-refractivity contribution is 5.91. The van der Waals surface area contributed by atoms with E-state index in [0.717, 1.165) is 27.9 Å². The number of carbonyl (C=O) groups excluding carboxylic acids is 1. The van der Waals surface area contributed by atoms with Crippen LogP contribution in [0.15, 0.2) is 71.1 Å². The van der Waals surface area contributed by atoms with Gasteiger partial charge in [-0.3, -0.25) is 4.79 Å². The average Bonchev–Trinajstić information content (AvgIpc) is 3.22. The molecule has 1 heterocycles. The minimum Gasteiger partial charge on any atom is -0.493 e. The van der Waals surface area contributed by atoms with Gasteiger partial charge in [0.15, 0.2) is 17.1 Å². The number of ether oxygens (including phenoxy) is 2. The van der Waals surface area contributed by atoms with E-state index in [0.29, 0.717) is 30.2 Å². The van der Waals surface area contributed by atoms with Gasteiger partial charge in [-0.15, -0.1) is 0 Å². The van der Waals surface area contributed by atoms with Gasteiger partial charge in [0.25, 0.3) is 0 Å². The quantitative estimate of drug-likeness (QED) is 0.466. The molecule has 0 atom stereocenters. The molecule has 1 aromatic heterocycles. The number of aryl methyl sites for hydroxylation is 1. The standard InChI is InChI=1S/C24H22N2O4/c1-28-21-9-5-6-16(23(21)29-2)12-15-22(27)25-18-13-10-17(11-14-18)24-26-19-7-3-4-8-20(19)30-24/h3-11,13-14H,12,15H2,1-2H3,(H,25,27). The van der Waals surface area contributed by atoms with Crippen molar-refractivity contribution >= 4 is 22.7 Å². The van der Waals surface area contributed by atoms with Crippen molar-refractivity contribution in [3.8, 4) is 23.0 Å². The smallest absolute Gasteiger partial charge is 0.227 e. The summed E-state index contributed by atoms with van der Waals surface area (Å²) in [5, 5.41) is 2.92. The second-order valence-electron chi connectivity index (χ2n) is 6.76. The molecule has 152 valence electrons. The van der Waals surface area contributed by atoms with Crippen LogP contribution in [0, 0.1) is 0 Å². The number of nitrogens with zero attached hydrogens (tertiary/aromatic N) is 1. The molecule has 0 unspecified atom stereocenters. The van der Waals surface area contributed by atoms with Crippen LogP contribution >= 0.6 is 0 Å². The van der Waals surface area contributed by atoms with Crippen molar-refractivity contribution in [2.75, 3.05) is 19.5 Å². The Morgan fingerprint density at radius 2 is 1.77 bits per heavy atom. The van der Waals surface area contributed by atoms with E-state index in [4.69, 9.17) is 13.9 Å². The van der Waals surface area contributed by atoms with E-state index >= 15 is 0 Å². The molecule has 0 radical (unpaired) electrons. The summed E-state index contributed by atoms with van der Waals surface area (Å²) in [6.07, 6.45) is 0.879. The van der Waals surface area contributed by atoms with Crippen molar-refractivity contribution in [2.24, 2.45) is 0 Å². The highest BCUT2D eigenvalue weighted by atomic mass is 16.5. The maximum atomic E-state index is 12.4. The SMILES string of the molecule is COc1cccc(CCC(=O)Nc2ccc(-c3nc4ccccc4o3)cc2)c1OC. The van der Waals surface area contributed by atoms with Gasteiger partial charge in [-0.25, -0.2) is 4.98 Å². The Labute approximate surface area is 174 Å². The molecule has 0 spiro atoms. The molecule has 0 saturated heterocycles. The highest BCUT2D eigenvalue weighted by Crippen LogP contribution is 2.31. The largest absolute Gasteiger partial charge is 0.493 e. The Bertz CT molecular complexity index is 1130. The third-order valence-electron chi connectivity index (χ3n) is 4.82. The number of methoxy groups -OCH3 is 2. The zero-order chi connectivity index (χ0) is 20.9. The van der Waals surface area contributed by atoms with Crippen LogP contribution < -0.4 is 14.8 Å². The molecule has 0 aliphatic rings. The fraction of sp³-hybridized carbons (Fsp3) is 0.167. The van der Waals surface area contributed by atoms with Gasteiger partial charge >= 0.3 is 0 Å². The van der Waals surface area contributed by atoms with Crippen LogP contribution in [0.1, 0.15) is 12.0 Å². The van der Waals surface area contributed by atoms with Gasteiger partial charge in [-0.2, -0.15) is 0 Å². The molecule has 1 amide bonds. The van der Waals surface area contributed by atoms with E-state index in [9.17, 15) is 4.79 Å². The van der Waals surface area contributed by atoms with Gasteiger partial charge < -0.3 is 19.2 Å². The number of fused-ring (bicyclic) bond motifs is 1. The van der Waals surface area contributed by atoms with Crippen LogP contribution in [-0.2, 0) is 11.2 Å². The van der Waals surface area contributed by atoms with Crippen LogP contribution in [0.25, 0.3) is 22.6 Å². The lowest BCUT2D eigenvalue weighted by molar-refractivity contribution is -0.116. The van der Waals surface area contributed by atoms with Crippen molar-refractivity contribution < 1.29 is 18.7 Å². The minimum absolute atomic E-state index is 0.0746. The average molecular weight is 402 g/mol. The van der Waals surface area contributed by atoms with E-state index in [-0.39, 0.29) is 5.91 Å². The van der Waals surface area contributed by atoms with Gasteiger partial charge in [0.05, 0.1) is 14.2 Å². The van der Waals surface area contributed by atoms with Crippen molar-refractivity contribution in [1.82, 2.24) is 4.98 Å². The summed E-state index contributed by atoms with van der Waals surface area (Å²) in [5.74, 6) is 1.80. The molecular weight excluding hydrogens is 380 g/mol. The minimum atomic E-state index is -0.0746. The predicted octanol–water partition coefficient (Wildman–Crippen LogP) is 5.08. The van der Waals surface area contributed by atoms with Gasteiger partial charge in [0, 0.05) is 17.7 Å². The Hall–Kier alpha value is -3.80. The summed E-state index contributed by atoms with van der Waals surface area (Å²) < 4.78 is 16.5. The first kappa shape index (κ1) is 19.5. The third-order valence-corrected chi connectivity index (χ3v) is 4.82. The van der Waals surface area contributed by atoms with Crippen LogP contribution in [-0.4, -0.2) is 25.1 Å². The number of anilines is 1. The molecule has 0 aliphatic carbocycles. The van der Waals surface area contributed by atoms with Gasteiger partial charge in [-0.05, 0) is 54.4 Å². The second kappa shape index (κ2) is 8.69. The number of hydrogen-bond acceptors (Lipinski definition) is 5. The zero-order valence-corrected chi connectivity index (χ0v) is 16.8. The van der Waals surface area contributed by atoms with Gasteiger partial charge in [0.1, 0.15) is 5.52 Å². The first-order valence-electron chi connectivity index (χ1n) is 9.63. The van der Waals surface area contributed by atoms with Crippen LogP contribution in [0.4, 0.5) is 5.69 Å². The number of rotatable bonds is 7. The van der Waals surface area contributed by atoms with Crippen molar-refractivity contribution in [3.05, 3.63) is 72.3 Å². The lowest BCUT2D eigenvalue weighted by Gasteiger charge is -2.12. The number of hydrogen-bond donors (Lipinski definition) is 1. The lowest BCUT2D eigenvalue weighted by atomic mass is 10.1. The van der Waals surface area contributed by atoms with Crippen molar-refractivity contribution in [2.45, 2.75) is 12.8 Å². The van der Waals surface area contributed by atoms with E-state index in [1.807, 2.05) is 66.7 Å². The van der Waals surface area contributed by atoms with Crippen LogP contribution in [0.5, 0.6) is 11.5 Å². The molecular formula is C24H22N2O4. The summed E-state index contributed by atoms with van der Waals surface area (Å²) >= 11 is 0. The maximum absolute atomic E-state index is 12.4. The van der Waals surface area contributed by atoms with Crippen LogP contribution in [0.2, 0.25) is 0 Å². The zero-order valence-electron chi connectivity index (χ0n) is 16.8. The summed E-state index contributed by atoms with van der Waals surface area (Å²) in [4.78, 5) is 16.9. The first-order chi connectivity index (χ1) is 14.7. The van der Waals surface area contributed by atoms with Crippen molar-refractivity contribution in [1.29, 1.82) is 0 Å². The summed E-state index contributed by atoms with van der Waals surface area (Å²) in [5.41, 5.74) is 4.07. The number of para-hydroxylation sites is 3. The molecule has 0 fully saturated rings. The Morgan fingerprint density at radius 1 is 0.967 bits per heavy atom. The van der Waals surface area contributed by atoms with E-state index in [2.05, 4.69) is 10.3 Å². The monoisotopic (exact) mass is 402 g/mol. The van der Waals surface area contributed by atoms with Gasteiger partial charge in [0.2, 0.25) is 11.8 Å². The summed E-state index contributed by atoms with van der Waals surface area (Å²) in [6, 6.07) is 20.7. The number of benzene rings is 3. The second-order valence-corrected chi connectivity index (χ2v) is 6.76. The maximum Gasteiger partial charge on any atom is 0.227 e. The summed E-state index contributed by atoms with van der Waals surface area (Å²) in [7, 11) is 3.19. The topological polar surface area (TPSA) is 73.6 Å². The molecule has 1 N–H and O–H groups in total. The number of aromatic nitrogens is 1. The van der Waals surface area contributed by atoms with E-state index < -0.39 is 0 Å². The van der Waals surface area contributed by atoms with Crippen LogP contribution in [0.3, 0.4) is 0 Å². The number of carbonyl (C=O) groups is 1. The predicted molar refractivity (Wildman–Crippen MR) is 116 cm³/mol. The Kier molecular flexibility index (Phi) is 5.66. The van der Waals surface area contributed by atoms with E-state index in [1.165, 1.54) is 0 Å². The van der Waals surface area contributed by atoms with Gasteiger partial charge in [-0.1, -0.05) is 24.3 Å². The fourth-order valence-electron chi connectivity index (χ4n) is 3.31. The molecule has 6 heteroatoms. The Morgan fingerprint density at radius 3 is 2.50 bits per heavy atom. The molecule has 4 aromatic rings. The normalized spacial score (nSPS) is 10.7. The third kappa shape index (κ3) is 4.12. The van der Waals surface area contributed by atoms with Crippen molar-refractivity contribution in [3.63, 3.8) is 0 Å². The molecule has 0 saturated carbocycles. The molecule has 0 bridgehead atoms. The molecule has 6 nitrogen and oxygen atoms in total. The number of amides is 1. The summed E-state index contributed by atoms with van der Waals surface area (Å²) in [6.45, 7) is 0. The number of nitrogens with one attached hydrogen (secondary N) is 1. The number of oxazole rings is 1. The highest BCUT2D eigenvalue weighted by Gasteiger charge is 2.12. The molecule has 0 aliphatic heterocycles. The first-order valence-corrected chi connectivity index (χ1v) is 9.63.